The van der Waals surface area contributed by atoms with Crippen molar-refractivity contribution in [3.8, 4) is 5.75 Å². The van der Waals surface area contributed by atoms with Crippen LogP contribution in [0.2, 0.25) is 0 Å². The van der Waals surface area contributed by atoms with Crippen LogP contribution in [0.15, 0.2) is 53.3 Å². The van der Waals surface area contributed by atoms with Gasteiger partial charge in [-0.15, -0.1) is 0 Å². The number of nitrogens with one attached hydrogen (secondary N) is 1. The van der Waals surface area contributed by atoms with Gasteiger partial charge in [-0.3, -0.25) is 4.79 Å². The highest BCUT2D eigenvalue weighted by atomic mass is 16.3. The summed E-state index contributed by atoms with van der Waals surface area (Å²) >= 11 is 0. The Balaban J connectivity index is 2.07. The summed E-state index contributed by atoms with van der Waals surface area (Å²) in [4.78, 5) is 18.9. The smallest absolute Gasteiger partial charge is 0.259 e. The first-order valence-corrected chi connectivity index (χ1v) is 6.19. The molecule has 20 heavy (non-hydrogen) atoms. The van der Waals surface area contributed by atoms with E-state index in [1.54, 1.807) is 18.2 Å². The number of nitrogens with zero attached hydrogens (tertiary/aromatic N) is 1. The van der Waals surface area contributed by atoms with Gasteiger partial charge in [0, 0.05) is 0 Å². The Labute approximate surface area is 115 Å². The molecule has 3 aromatic rings. The molecule has 0 saturated carbocycles. The number of aromatic nitrogens is 2. The minimum atomic E-state index is -0.265. The first kappa shape index (κ1) is 12.2. The summed E-state index contributed by atoms with van der Waals surface area (Å²) in [5.74, 6) is 0.413. The van der Waals surface area contributed by atoms with Crippen LogP contribution in [0.25, 0.3) is 23.1 Å². The van der Waals surface area contributed by atoms with Crippen LogP contribution in [0.4, 0.5) is 0 Å². The zero-order valence-electron chi connectivity index (χ0n) is 10.6. The molecule has 0 aliphatic carbocycles. The molecule has 0 aliphatic rings. The molecule has 4 heteroatoms. The van der Waals surface area contributed by atoms with Crippen LogP contribution in [0, 0.1) is 0 Å². The Bertz CT molecular complexity index is 836. The number of hydrogen-bond donors (Lipinski definition) is 2. The van der Waals surface area contributed by atoms with Gasteiger partial charge in [-0.25, -0.2) is 4.98 Å². The number of aromatic hydroxyl groups is 1. The first-order chi connectivity index (χ1) is 9.74. The molecule has 0 saturated heterocycles. The van der Waals surface area contributed by atoms with Crippen molar-refractivity contribution >= 4 is 23.1 Å². The number of para-hydroxylation sites is 1. The third-order valence-electron chi connectivity index (χ3n) is 2.97. The molecular weight excluding hydrogens is 252 g/mol. The number of fused-ring (bicyclic) bond motifs is 1. The Morgan fingerprint density at radius 3 is 2.60 bits per heavy atom. The van der Waals surface area contributed by atoms with E-state index in [0.717, 1.165) is 5.56 Å². The molecule has 0 bridgehead atoms. The molecule has 0 atom stereocenters. The normalized spacial score (nSPS) is 11.2. The molecule has 0 amide bonds. The second-order valence-corrected chi connectivity index (χ2v) is 4.37. The summed E-state index contributed by atoms with van der Waals surface area (Å²) in [7, 11) is 0. The molecule has 0 spiro atoms. The Morgan fingerprint density at radius 2 is 1.80 bits per heavy atom. The largest absolute Gasteiger partial charge is 0.506 e. The number of H-pyrrole nitrogens is 1. The van der Waals surface area contributed by atoms with Gasteiger partial charge in [-0.1, -0.05) is 42.5 Å². The van der Waals surface area contributed by atoms with Crippen LogP contribution in [-0.2, 0) is 0 Å². The van der Waals surface area contributed by atoms with E-state index in [0.29, 0.717) is 16.7 Å². The van der Waals surface area contributed by atoms with E-state index in [4.69, 9.17) is 0 Å². The molecule has 1 aromatic heterocycles. The highest BCUT2D eigenvalue weighted by Gasteiger charge is 2.05. The van der Waals surface area contributed by atoms with Crippen molar-refractivity contribution < 1.29 is 5.11 Å². The molecule has 98 valence electrons. The highest BCUT2D eigenvalue weighted by Crippen LogP contribution is 2.19. The molecule has 0 fully saturated rings. The van der Waals surface area contributed by atoms with Crippen LogP contribution >= 0.6 is 0 Å². The topological polar surface area (TPSA) is 66.0 Å². The third-order valence-corrected chi connectivity index (χ3v) is 2.97. The molecule has 0 unspecified atom stereocenters. The van der Waals surface area contributed by atoms with Crippen LogP contribution in [0.1, 0.15) is 11.4 Å². The van der Waals surface area contributed by atoms with Crippen LogP contribution < -0.4 is 5.56 Å². The Hall–Kier alpha value is -2.88. The quantitative estimate of drug-likeness (QED) is 0.748. The molecule has 1 heterocycles. The highest BCUT2D eigenvalue weighted by molar-refractivity contribution is 5.84. The zero-order chi connectivity index (χ0) is 13.9. The van der Waals surface area contributed by atoms with Crippen molar-refractivity contribution in [2.75, 3.05) is 0 Å². The van der Waals surface area contributed by atoms with Gasteiger partial charge in [0.2, 0.25) is 0 Å². The van der Waals surface area contributed by atoms with E-state index in [9.17, 15) is 9.90 Å². The first-order valence-electron chi connectivity index (χ1n) is 6.19. The lowest BCUT2D eigenvalue weighted by molar-refractivity contribution is 0.480. The van der Waals surface area contributed by atoms with E-state index in [1.165, 1.54) is 6.07 Å². The van der Waals surface area contributed by atoms with Gasteiger partial charge in [0.05, 0.1) is 5.39 Å². The van der Waals surface area contributed by atoms with Gasteiger partial charge >= 0.3 is 0 Å². The fourth-order valence-corrected chi connectivity index (χ4v) is 1.98. The van der Waals surface area contributed by atoms with Crippen molar-refractivity contribution in [3.63, 3.8) is 0 Å². The number of phenolic OH excluding ortho intramolecular Hbond substituents is 1. The fraction of sp³-hybridized carbons (Fsp3) is 0. The van der Waals surface area contributed by atoms with Crippen LogP contribution in [0.5, 0.6) is 5.75 Å². The second kappa shape index (κ2) is 5.01. The van der Waals surface area contributed by atoms with Gasteiger partial charge < -0.3 is 10.1 Å². The predicted octanol–water partition coefficient (Wildman–Crippen LogP) is 2.80. The fourth-order valence-electron chi connectivity index (χ4n) is 1.98. The maximum absolute atomic E-state index is 11.9. The Kier molecular flexibility index (Phi) is 3.05. The van der Waals surface area contributed by atoms with E-state index >= 15 is 0 Å². The standard InChI is InChI=1S/C16H12N2O2/c19-13-8-4-7-12-15(13)17-14(18-16(12)20)10-9-11-5-2-1-3-6-11/h1-10,19H,(H,17,18,20). The number of aromatic amines is 1. The maximum atomic E-state index is 11.9. The lowest BCUT2D eigenvalue weighted by Gasteiger charge is -2.01. The van der Waals surface area contributed by atoms with Crippen LogP contribution in [0.3, 0.4) is 0 Å². The number of phenols is 1. The summed E-state index contributed by atoms with van der Waals surface area (Å²) < 4.78 is 0. The van der Waals surface area contributed by atoms with Crippen molar-refractivity contribution in [1.29, 1.82) is 0 Å². The summed E-state index contributed by atoms with van der Waals surface area (Å²) in [6, 6.07) is 14.5. The maximum Gasteiger partial charge on any atom is 0.259 e. The van der Waals surface area contributed by atoms with Crippen molar-refractivity contribution in [1.82, 2.24) is 9.97 Å². The second-order valence-electron chi connectivity index (χ2n) is 4.37. The SMILES string of the molecule is O=c1[nH]c(C=Cc2ccccc2)nc2c(O)cccc12. The minimum Gasteiger partial charge on any atom is -0.506 e. The average molecular weight is 264 g/mol. The number of benzene rings is 2. The summed E-state index contributed by atoms with van der Waals surface area (Å²) in [5.41, 5.74) is 1.05. The van der Waals surface area contributed by atoms with Gasteiger partial charge in [-0.2, -0.15) is 0 Å². The molecule has 0 aliphatic heterocycles. The summed E-state index contributed by atoms with van der Waals surface area (Å²) in [6.45, 7) is 0. The van der Waals surface area contributed by atoms with Crippen molar-refractivity contribution in [2.24, 2.45) is 0 Å². The lowest BCUT2D eigenvalue weighted by atomic mass is 10.2. The number of hydrogen-bond acceptors (Lipinski definition) is 3. The van der Waals surface area contributed by atoms with Crippen LogP contribution in [-0.4, -0.2) is 15.1 Å². The van der Waals surface area contributed by atoms with E-state index in [-0.39, 0.29) is 11.3 Å². The monoisotopic (exact) mass is 264 g/mol. The summed E-state index contributed by atoms with van der Waals surface area (Å²) in [6.07, 6.45) is 3.56. The third kappa shape index (κ3) is 2.31. The van der Waals surface area contributed by atoms with Crippen molar-refractivity contribution in [2.45, 2.75) is 0 Å². The van der Waals surface area contributed by atoms with Gasteiger partial charge in [0.25, 0.3) is 5.56 Å². The Morgan fingerprint density at radius 1 is 1.00 bits per heavy atom. The molecular formula is C16H12N2O2. The van der Waals surface area contributed by atoms with E-state index < -0.39 is 0 Å². The molecule has 3 rings (SSSR count). The average Bonchev–Trinajstić information content (AvgIpc) is 2.47. The zero-order valence-corrected chi connectivity index (χ0v) is 10.6. The molecule has 4 nitrogen and oxygen atoms in total. The van der Waals surface area contributed by atoms with Gasteiger partial charge in [-0.05, 0) is 23.8 Å². The number of rotatable bonds is 2. The van der Waals surface area contributed by atoms with Gasteiger partial charge in [0.15, 0.2) is 0 Å². The predicted molar refractivity (Wildman–Crippen MR) is 79.4 cm³/mol. The molecule has 2 N–H and O–H groups in total. The van der Waals surface area contributed by atoms with Crippen molar-refractivity contribution in [3.05, 3.63) is 70.3 Å². The summed E-state index contributed by atoms with van der Waals surface area (Å²) in [5, 5.41) is 10.1. The van der Waals surface area contributed by atoms with Gasteiger partial charge in [0.1, 0.15) is 17.1 Å². The van der Waals surface area contributed by atoms with E-state index in [2.05, 4.69) is 9.97 Å². The minimum absolute atomic E-state index is 0.00274. The molecule has 0 radical (unpaired) electrons. The lowest BCUT2D eigenvalue weighted by Crippen LogP contribution is -2.09. The molecule has 2 aromatic carbocycles. The van der Waals surface area contributed by atoms with E-state index in [1.807, 2.05) is 36.4 Å².